The minimum Gasteiger partial charge on any atom is -0.258 e. The molecule has 82 valence electrons. The van der Waals surface area contributed by atoms with Gasteiger partial charge in [0.15, 0.2) is 0 Å². The summed E-state index contributed by atoms with van der Waals surface area (Å²) in [6.45, 7) is 0.148. The summed E-state index contributed by atoms with van der Waals surface area (Å²) in [5, 5.41) is 13.9. The van der Waals surface area contributed by atoms with Crippen LogP contribution in [0.3, 0.4) is 0 Å². The van der Waals surface area contributed by atoms with Gasteiger partial charge in [-0.2, -0.15) is 0 Å². The van der Waals surface area contributed by atoms with Crippen LogP contribution in [0.1, 0.15) is 5.56 Å². The highest BCUT2D eigenvalue weighted by molar-refractivity contribution is 6.30. The molecule has 0 atom stereocenters. The van der Waals surface area contributed by atoms with E-state index < -0.39 is 4.92 Å². The van der Waals surface area contributed by atoms with E-state index in [1.54, 1.807) is 0 Å². The molecular weight excluding hydrogens is 234 g/mol. The van der Waals surface area contributed by atoms with Gasteiger partial charge in [-0.15, -0.1) is 0 Å². The SMILES string of the molecule is [N-]=[N+]=NCC=Cc1cc([N+](=O)[O-])cnc1Cl. The highest BCUT2D eigenvalue weighted by Gasteiger charge is 2.08. The maximum absolute atomic E-state index is 10.5. The van der Waals surface area contributed by atoms with Crippen LogP contribution in [0.2, 0.25) is 5.15 Å². The van der Waals surface area contributed by atoms with Crippen LogP contribution in [0.4, 0.5) is 5.69 Å². The van der Waals surface area contributed by atoms with E-state index in [1.807, 2.05) is 0 Å². The Morgan fingerprint density at radius 2 is 2.50 bits per heavy atom. The lowest BCUT2D eigenvalue weighted by Crippen LogP contribution is -1.91. The largest absolute Gasteiger partial charge is 0.288 e. The minimum atomic E-state index is -0.561. The molecule has 0 aromatic carbocycles. The van der Waals surface area contributed by atoms with Crippen LogP contribution in [0, 0.1) is 10.1 Å². The van der Waals surface area contributed by atoms with Crippen molar-refractivity contribution in [1.29, 1.82) is 0 Å². The summed E-state index contributed by atoms with van der Waals surface area (Å²) in [5.41, 5.74) is 8.29. The van der Waals surface area contributed by atoms with E-state index in [-0.39, 0.29) is 17.4 Å². The monoisotopic (exact) mass is 239 g/mol. The van der Waals surface area contributed by atoms with Gasteiger partial charge in [0.25, 0.3) is 5.69 Å². The standard InChI is InChI=1S/C8H6ClN5O2/c9-8-6(2-1-3-12-13-10)4-7(5-11-8)14(15)16/h1-2,4-5H,3H2. The highest BCUT2D eigenvalue weighted by Crippen LogP contribution is 2.20. The van der Waals surface area contributed by atoms with Crippen molar-refractivity contribution in [2.45, 2.75) is 0 Å². The Hall–Kier alpha value is -2.11. The summed E-state index contributed by atoms with van der Waals surface area (Å²) in [4.78, 5) is 16.1. The molecule has 0 aliphatic carbocycles. The first-order valence-electron chi connectivity index (χ1n) is 4.12. The Bertz CT molecular complexity index is 481. The van der Waals surface area contributed by atoms with Crippen molar-refractivity contribution in [2.75, 3.05) is 6.54 Å². The fourth-order valence-corrected chi connectivity index (χ4v) is 1.10. The molecule has 1 aromatic heterocycles. The first-order chi connectivity index (χ1) is 7.65. The highest BCUT2D eigenvalue weighted by atomic mass is 35.5. The molecule has 8 heteroatoms. The quantitative estimate of drug-likeness (QED) is 0.201. The van der Waals surface area contributed by atoms with Crippen LogP contribution in [0.5, 0.6) is 0 Å². The zero-order valence-electron chi connectivity index (χ0n) is 7.95. The molecule has 0 saturated carbocycles. The normalized spacial score (nSPS) is 10.1. The van der Waals surface area contributed by atoms with Crippen molar-refractivity contribution >= 4 is 23.4 Å². The fourth-order valence-electron chi connectivity index (χ4n) is 0.934. The van der Waals surface area contributed by atoms with Gasteiger partial charge in [-0.05, 0) is 5.53 Å². The first kappa shape index (κ1) is 12.0. The van der Waals surface area contributed by atoms with Crippen LogP contribution in [-0.2, 0) is 0 Å². The Labute approximate surface area is 95.1 Å². The number of aromatic nitrogens is 1. The van der Waals surface area contributed by atoms with Crippen LogP contribution < -0.4 is 0 Å². The zero-order valence-corrected chi connectivity index (χ0v) is 8.70. The molecule has 0 N–H and O–H groups in total. The molecule has 1 heterocycles. The molecule has 1 rings (SSSR count). The molecule has 0 amide bonds. The van der Waals surface area contributed by atoms with E-state index in [4.69, 9.17) is 17.1 Å². The minimum absolute atomic E-state index is 0.146. The number of halogens is 1. The molecule has 0 radical (unpaired) electrons. The van der Waals surface area contributed by atoms with Gasteiger partial charge < -0.3 is 0 Å². The molecule has 0 saturated heterocycles. The number of nitro groups is 1. The Kier molecular flexibility index (Phi) is 4.26. The van der Waals surface area contributed by atoms with E-state index >= 15 is 0 Å². The summed E-state index contributed by atoms with van der Waals surface area (Å²) in [6.07, 6.45) is 4.12. The molecule has 0 aliphatic heterocycles. The van der Waals surface area contributed by atoms with Crippen LogP contribution in [0.25, 0.3) is 16.5 Å². The molecule has 0 aliphatic rings. The lowest BCUT2D eigenvalue weighted by atomic mass is 10.2. The van der Waals surface area contributed by atoms with Gasteiger partial charge in [0.1, 0.15) is 11.3 Å². The maximum atomic E-state index is 10.5. The van der Waals surface area contributed by atoms with E-state index in [9.17, 15) is 10.1 Å². The summed E-state index contributed by atoms with van der Waals surface area (Å²) in [6, 6.07) is 1.29. The third-order valence-corrected chi connectivity index (χ3v) is 1.93. The number of azide groups is 1. The third kappa shape index (κ3) is 3.23. The van der Waals surface area contributed by atoms with Gasteiger partial charge in [-0.1, -0.05) is 28.9 Å². The van der Waals surface area contributed by atoms with Crippen molar-refractivity contribution in [2.24, 2.45) is 5.11 Å². The van der Waals surface area contributed by atoms with Crippen LogP contribution in [0.15, 0.2) is 23.5 Å². The Balaban J connectivity index is 2.94. The summed E-state index contributed by atoms with van der Waals surface area (Å²) >= 11 is 5.73. The second kappa shape index (κ2) is 5.69. The van der Waals surface area contributed by atoms with Crippen LogP contribution >= 0.6 is 11.6 Å². The second-order valence-electron chi connectivity index (χ2n) is 2.65. The van der Waals surface area contributed by atoms with Gasteiger partial charge in [0.2, 0.25) is 0 Å². The van der Waals surface area contributed by atoms with Crippen molar-refractivity contribution < 1.29 is 4.92 Å². The Morgan fingerprint density at radius 3 is 3.12 bits per heavy atom. The molecule has 1 aromatic rings. The van der Waals surface area contributed by atoms with E-state index in [1.165, 1.54) is 18.2 Å². The summed E-state index contributed by atoms with van der Waals surface area (Å²) in [7, 11) is 0. The van der Waals surface area contributed by atoms with Gasteiger partial charge in [-0.3, -0.25) is 10.1 Å². The number of hydrogen-bond acceptors (Lipinski definition) is 4. The molecule has 0 bridgehead atoms. The van der Waals surface area contributed by atoms with Gasteiger partial charge >= 0.3 is 0 Å². The molecule has 16 heavy (non-hydrogen) atoms. The lowest BCUT2D eigenvalue weighted by molar-refractivity contribution is -0.385. The molecule has 0 spiro atoms. The second-order valence-corrected chi connectivity index (χ2v) is 3.00. The summed E-state index contributed by atoms with van der Waals surface area (Å²) in [5.74, 6) is 0. The predicted octanol–water partition coefficient (Wildman–Crippen LogP) is 2.97. The lowest BCUT2D eigenvalue weighted by Gasteiger charge is -1.96. The third-order valence-electron chi connectivity index (χ3n) is 1.61. The van der Waals surface area contributed by atoms with Crippen molar-refractivity contribution in [3.63, 3.8) is 0 Å². The molecule has 0 unspecified atom stereocenters. The van der Waals surface area contributed by atoms with Crippen molar-refractivity contribution in [1.82, 2.24) is 4.98 Å². The van der Waals surface area contributed by atoms with Gasteiger partial charge in [0, 0.05) is 23.1 Å². The summed E-state index contributed by atoms with van der Waals surface area (Å²) < 4.78 is 0. The maximum Gasteiger partial charge on any atom is 0.288 e. The van der Waals surface area contributed by atoms with E-state index in [0.717, 1.165) is 6.20 Å². The Morgan fingerprint density at radius 1 is 1.75 bits per heavy atom. The average Bonchev–Trinajstić information content (AvgIpc) is 2.26. The molecule has 7 nitrogen and oxygen atoms in total. The van der Waals surface area contributed by atoms with Crippen molar-refractivity contribution in [3.05, 3.63) is 49.6 Å². The average molecular weight is 240 g/mol. The molecule has 0 fully saturated rings. The number of hydrogen-bond donors (Lipinski definition) is 0. The van der Waals surface area contributed by atoms with Gasteiger partial charge in [0.05, 0.1) is 4.92 Å². The number of pyridine rings is 1. The molecular formula is C8H6ClN5O2. The van der Waals surface area contributed by atoms with E-state index in [0.29, 0.717) is 5.56 Å². The predicted molar refractivity (Wildman–Crippen MR) is 58.9 cm³/mol. The van der Waals surface area contributed by atoms with Gasteiger partial charge in [-0.25, -0.2) is 4.98 Å². The number of rotatable bonds is 4. The first-order valence-corrected chi connectivity index (χ1v) is 4.50. The smallest absolute Gasteiger partial charge is 0.258 e. The van der Waals surface area contributed by atoms with Crippen LogP contribution in [-0.4, -0.2) is 16.5 Å². The topological polar surface area (TPSA) is 105 Å². The number of nitrogens with zero attached hydrogens (tertiary/aromatic N) is 5. The fraction of sp³-hybridized carbons (Fsp3) is 0.125. The zero-order chi connectivity index (χ0) is 12.0. The van der Waals surface area contributed by atoms with E-state index in [2.05, 4.69) is 15.0 Å². The van der Waals surface area contributed by atoms with Crippen molar-refractivity contribution in [3.8, 4) is 0 Å².